The van der Waals surface area contributed by atoms with E-state index in [1.165, 1.54) is 0 Å². The highest BCUT2D eigenvalue weighted by Gasteiger charge is 2.14. The van der Waals surface area contributed by atoms with E-state index in [9.17, 15) is 13.6 Å². The van der Waals surface area contributed by atoms with Crippen molar-refractivity contribution in [2.75, 3.05) is 0 Å². The van der Waals surface area contributed by atoms with Gasteiger partial charge in [0.15, 0.2) is 0 Å². The van der Waals surface area contributed by atoms with Gasteiger partial charge in [-0.1, -0.05) is 55.5 Å². The van der Waals surface area contributed by atoms with Gasteiger partial charge in [-0.05, 0) is 70.4 Å². The Morgan fingerprint density at radius 3 is 2.33 bits per heavy atom. The van der Waals surface area contributed by atoms with Gasteiger partial charge in [-0.3, -0.25) is 9.00 Å². The maximum absolute atomic E-state index is 12.7. The van der Waals surface area contributed by atoms with Gasteiger partial charge in [0.1, 0.15) is 5.78 Å². The predicted molar refractivity (Wildman–Crippen MR) is 116 cm³/mol. The Kier molecular flexibility index (Phi) is 7.29. The van der Waals surface area contributed by atoms with Crippen LogP contribution in [-0.4, -0.2) is 14.5 Å². The molecule has 0 amide bonds. The zero-order valence-corrected chi connectivity index (χ0v) is 17.5. The Morgan fingerprint density at radius 1 is 1.00 bits per heavy atom. The van der Waals surface area contributed by atoms with Crippen LogP contribution in [0.1, 0.15) is 30.0 Å². The number of rotatable bonds is 8. The van der Waals surface area contributed by atoms with Gasteiger partial charge in [-0.15, -0.1) is 0 Å². The number of carbonyl (C=O) groups excluding carboxylic acids is 1. The number of carbonyl (C=O) groups is 1. The van der Waals surface area contributed by atoms with Crippen molar-refractivity contribution >= 4 is 16.9 Å². The molecule has 3 aromatic rings. The smallest absolute Gasteiger partial charge is 0.140 e. The van der Waals surface area contributed by atoms with E-state index < -0.39 is 11.1 Å². The summed E-state index contributed by atoms with van der Waals surface area (Å²) < 4.78 is 22.4. The van der Waals surface area contributed by atoms with Gasteiger partial charge >= 0.3 is 0 Å². The summed E-state index contributed by atoms with van der Waals surface area (Å²) in [5.41, 5.74) is 4.36. The summed E-state index contributed by atoms with van der Waals surface area (Å²) >= 11 is -2.27. The highest BCUT2D eigenvalue weighted by molar-refractivity contribution is 7.79. The van der Waals surface area contributed by atoms with E-state index in [2.05, 4.69) is 6.07 Å². The van der Waals surface area contributed by atoms with Gasteiger partial charge in [-0.2, -0.15) is 5.26 Å². The number of benzene rings is 3. The molecule has 0 N–H and O–H groups in total. The molecule has 30 heavy (non-hydrogen) atoms. The SMILES string of the molecule is CC(CCc1ccc(C#N)cc1)C(=O)Cc1cccc(-c2cccc(S(=O)[O-])c2)c1. The number of hydrogen-bond donors (Lipinski definition) is 0. The number of aryl methyl sites for hydroxylation is 1. The summed E-state index contributed by atoms with van der Waals surface area (Å²) in [5, 5.41) is 8.87. The molecule has 152 valence electrons. The first-order chi connectivity index (χ1) is 14.5. The molecule has 0 bridgehead atoms. The number of nitrogens with zero attached hydrogens (tertiary/aromatic N) is 1. The lowest BCUT2D eigenvalue weighted by Gasteiger charge is -2.12. The summed E-state index contributed by atoms with van der Waals surface area (Å²) in [6.45, 7) is 1.95. The second-order valence-electron chi connectivity index (χ2n) is 7.35. The highest BCUT2D eigenvalue weighted by atomic mass is 32.2. The molecule has 2 atom stereocenters. The first-order valence-corrected chi connectivity index (χ1v) is 10.8. The van der Waals surface area contributed by atoms with Gasteiger partial charge < -0.3 is 4.55 Å². The van der Waals surface area contributed by atoms with Gasteiger partial charge in [-0.25, -0.2) is 0 Å². The van der Waals surface area contributed by atoms with Crippen molar-refractivity contribution in [1.82, 2.24) is 0 Å². The van der Waals surface area contributed by atoms with Crippen LogP contribution < -0.4 is 0 Å². The van der Waals surface area contributed by atoms with Crippen LogP contribution >= 0.6 is 0 Å². The largest absolute Gasteiger partial charge is 0.768 e. The Bertz CT molecular complexity index is 1100. The lowest BCUT2D eigenvalue weighted by Crippen LogP contribution is -2.14. The van der Waals surface area contributed by atoms with Crippen molar-refractivity contribution in [2.45, 2.75) is 31.1 Å². The summed E-state index contributed by atoms with van der Waals surface area (Å²) in [6, 6.07) is 24.0. The van der Waals surface area contributed by atoms with E-state index in [1.807, 2.05) is 49.4 Å². The summed E-state index contributed by atoms with van der Waals surface area (Å²) in [5.74, 6) is 0.103. The second-order valence-corrected chi connectivity index (χ2v) is 8.30. The minimum atomic E-state index is -2.27. The standard InChI is InChI=1S/C25H23NO3S/c1-18(8-9-19-10-12-20(17-26)13-11-19)25(27)15-21-4-2-5-22(14-21)23-6-3-7-24(16-23)30(28)29/h2-7,10-14,16,18H,8-9,15H2,1H3,(H,28,29)/p-1. The Labute approximate surface area is 179 Å². The van der Waals surface area contributed by atoms with Crippen molar-refractivity contribution in [1.29, 1.82) is 5.26 Å². The van der Waals surface area contributed by atoms with E-state index in [-0.39, 0.29) is 16.6 Å². The number of nitriles is 1. The maximum Gasteiger partial charge on any atom is 0.140 e. The van der Waals surface area contributed by atoms with Gasteiger partial charge in [0.05, 0.1) is 11.6 Å². The Morgan fingerprint density at radius 2 is 1.67 bits per heavy atom. The average Bonchev–Trinajstić information content (AvgIpc) is 2.78. The molecule has 5 heteroatoms. The normalized spacial score (nSPS) is 12.7. The maximum atomic E-state index is 12.7. The fraction of sp³-hybridized carbons (Fsp3) is 0.200. The molecule has 0 saturated carbocycles. The molecule has 0 aliphatic rings. The molecule has 0 fully saturated rings. The number of hydrogen-bond acceptors (Lipinski definition) is 4. The van der Waals surface area contributed by atoms with E-state index in [4.69, 9.17) is 5.26 Å². The number of ketones is 1. The second kappa shape index (κ2) is 10.1. The van der Waals surface area contributed by atoms with E-state index in [0.717, 1.165) is 35.1 Å². The zero-order valence-electron chi connectivity index (χ0n) is 16.7. The van der Waals surface area contributed by atoms with Crippen molar-refractivity contribution < 1.29 is 13.6 Å². The topological polar surface area (TPSA) is 81.0 Å². The molecular weight excluding hydrogens is 394 g/mol. The monoisotopic (exact) mass is 416 g/mol. The zero-order chi connectivity index (χ0) is 21.5. The van der Waals surface area contributed by atoms with Crippen LogP contribution in [0.2, 0.25) is 0 Å². The van der Waals surface area contributed by atoms with Gasteiger partial charge in [0.2, 0.25) is 0 Å². The molecule has 3 rings (SSSR count). The first-order valence-electron chi connectivity index (χ1n) is 9.76. The van der Waals surface area contributed by atoms with Crippen LogP contribution in [0, 0.1) is 17.2 Å². The summed E-state index contributed by atoms with van der Waals surface area (Å²) in [7, 11) is 0. The molecule has 0 radical (unpaired) electrons. The predicted octanol–water partition coefficient (Wildman–Crippen LogP) is 4.84. The molecule has 4 nitrogen and oxygen atoms in total. The van der Waals surface area contributed by atoms with Crippen molar-refractivity contribution in [2.24, 2.45) is 5.92 Å². The van der Waals surface area contributed by atoms with Crippen LogP contribution in [0.4, 0.5) is 0 Å². The summed E-state index contributed by atoms with van der Waals surface area (Å²) in [6.07, 6.45) is 1.88. The quantitative estimate of drug-likeness (QED) is 0.492. The van der Waals surface area contributed by atoms with E-state index in [0.29, 0.717) is 12.0 Å². The third-order valence-electron chi connectivity index (χ3n) is 5.16. The summed E-state index contributed by atoms with van der Waals surface area (Å²) in [4.78, 5) is 12.9. The molecule has 2 unspecified atom stereocenters. The minimum Gasteiger partial charge on any atom is -0.768 e. The van der Waals surface area contributed by atoms with E-state index >= 15 is 0 Å². The Balaban J connectivity index is 1.63. The van der Waals surface area contributed by atoms with Crippen LogP contribution in [0.15, 0.2) is 77.7 Å². The molecule has 0 saturated heterocycles. The highest BCUT2D eigenvalue weighted by Crippen LogP contribution is 2.23. The molecular formula is C25H22NO3S-. The molecule has 0 aliphatic carbocycles. The lowest BCUT2D eigenvalue weighted by molar-refractivity contribution is -0.121. The van der Waals surface area contributed by atoms with Crippen LogP contribution in [0.25, 0.3) is 11.1 Å². The third kappa shape index (κ3) is 5.73. The molecule has 3 aromatic carbocycles. The van der Waals surface area contributed by atoms with Crippen molar-refractivity contribution in [3.63, 3.8) is 0 Å². The van der Waals surface area contributed by atoms with Crippen molar-refractivity contribution in [3.05, 3.63) is 89.5 Å². The van der Waals surface area contributed by atoms with Crippen LogP contribution in [0.5, 0.6) is 0 Å². The third-order valence-corrected chi connectivity index (χ3v) is 5.80. The minimum absolute atomic E-state index is 0.0736. The molecule has 0 aliphatic heterocycles. The van der Waals surface area contributed by atoms with E-state index in [1.54, 1.807) is 30.3 Å². The van der Waals surface area contributed by atoms with Crippen molar-refractivity contribution in [3.8, 4) is 17.2 Å². The number of Topliss-reactive ketones (excluding diaryl/α,β-unsaturated/α-hetero) is 1. The van der Waals surface area contributed by atoms with Crippen LogP contribution in [0.3, 0.4) is 0 Å². The first kappa shape index (κ1) is 21.6. The molecule has 0 heterocycles. The fourth-order valence-corrected chi connectivity index (χ4v) is 3.72. The Hall–Kier alpha value is -3.07. The van der Waals surface area contributed by atoms with Gasteiger partial charge in [0, 0.05) is 17.2 Å². The molecule has 0 spiro atoms. The van der Waals surface area contributed by atoms with Gasteiger partial charge in [0.25, 0.3) is 0 Å². The average molecular weight is 417 g/mol. The lowest BCUT2D eigenvalue weighted by atomic mass is 9.92. The fourth-order valence-electron chi connectivity index (χ4n) is 3.31. The molecule has 0 aromatic heterocycles. The van der Waals surface area contributed by atoms with Crippen LogP contribution in [-0.2, 0) is 28.7 Å².